The molecule has 3 rings (SSSR count). The molecular formula is C16H18FN5O. The summed E-state index contributed by atoms with van der Waals surface area (Å²) < 4.78 is 13.8. The second kappa shape index (κ2) is 6.60. The number of piperazine rings is 1. The molecule has 1 saturated heterocycles. The van der Waals surface area contributed by atoms with Crippen LogP contribution in [-0.4, -0.2) is 42.3 Å². The van der Waals surface area contributed by atoms with E-state index in [4.69, 9.17) is 0 Å². The molecule has 0 aliphatic carbocycles. The Morgan fingerprint density at radius 2 is 1.74 bits per heavy atom. The predicted molar refractivity (Wildman–Crippen MR) is 87.2 cm³/mol. The standard InChI is InChI=1S/C16H18FN5O/c1-12(23)18-15-6-7-16(20-19-15)22-10-8-21(9-11-22)14-5-3-2-4-13(14)17/h2-7H,8-11H2,1H3,(H,18,19,23). The third-order valence-corrected chi connectivity index (χ3v) is 3.75. The first kappa shape index (κ1) is 15.2. The average molecular weight is 315 g/mol. The zero-order valence-corrected chi connectivity index (χ0v) is 12.9. The lowest BCUT2D eigenvalue weighted by Crippen LogP contribution is -2.47. The highest BCUT2D eigenvalue weighted by Crippen LogP contribution is 2.22. The van der Waals surface area contributed by atoms with Crippen LogP contribution >= 0.6 is 0 Å². The fourth-order valence-electron chi connectivity index (χ4n) is 2.63. The van der Waals surface area contributed by atoms with Crippen molar-refractivity contribution >= 4 is 23.2 Å². The number of aromatic nitrogens is 2. The number of nitrogens with zero attached hydrogens (tertiary/aromatic N) is 4. The van der Waals surface area contributed by atoms with E-state index in [1.165, 1.54) is 13.0 Å². The molecule has 0 saturated carbocycles. The van der Waals surface area contributed by atoms with E-state index in [-0.39, 0.29) is 11.7 Å². The Morgan fingerprint density at radius 1 is 1.04 bits per heavy atom. The summed E-state index contributed by atoms with van der Waals surface area (Å²) in [6.07, 6.45) is 0. The number of benzene rings is 1. The molecule has 0 unspecified atom stereocenters. The highest BCUT2D eigenvalue weighted by atomic mass is 19.1. The summed E-state index contributed by atoms with van der Waals surface area (Å²) in [5, 5.41) is 10.7. The van der Waals surface area contributed by atoms with Gasteiger partial charge in [-0.2, -0.15) is 0 Å². The van der Waals surface area contributed by atoms with Gasteiger partial charge >= 0.3 is 0 Å². The van der Waals surface area contributed by atoms with Gasteiger partial charge in [0.05, 0.1) is 5.69 Å². The van der Waals surface area contributed by atoms with Crippen molar-refractivity contribution in [2.24, 2.45) is 0 Å². The van der Waals surface area contributed by atoms with Crippen molar-refractivity contribution in [1.29, 1.82) is 0 Å². The number of carbonyl (C=O) groups is 1. The van der Waals surface area contributed by atoms with Gasteiger partial charge in [-0.1, -0.05) is 12.1 Å². The SMILES string of the molecule is CC(=O)Nc1ccc(N2CCN(c3ccccc3F)CC2)nn1. The molecule has 0 atom stereocenters. The summed E-state index contributed by atoms with van der Waals surface area (Å²) >= 11 is 0. The van der Waals surface area contributed by atoms with Crippen LogP contribution in [0.15, 0.2) is 36.4 Å². The third-order valence-electron chi connectivity index (χ3n) is 3.75. The minimum atomic E-state index is -0.194. The Morgan fingerprint density at radius 3 is 2.35 bits per heavy atom. The van der Waals surface area contributed by atoms with Crippen LogP contribution in [0.25, 0.3) is 0 Å². The van der Waals surface area contributed by atoms with Gasteiger partial charge in [0.25, 0.3) is 0 Å². The number of hydrogen-bond acceptors (Lipinski definition) is 5. The summed E-state index contributed by atoms with van der Waals surface area (Å²) in [5.74, 6) is 0.824. The third kappa shape index (κ3) is 3.56. The summed E-state index contributed by atoms with van der Waals surface area (Å²) in [6, 6.07) is 10.4. The quantitative estimate of drug-likeness (QED) is 0.937. The summed E-state index contributed by atoms with van der Waals surface area (Å²) in [7, 11) is 0. The number of nitrogens with one attached hydrogen (secondary N) is 1. The number of halogens is 1. The van der Waals surface area contributed by atoms with Crippen molar-refractivity contribution in [1.82, 2.24) is 10.2 Å². The van der Waals surface area contributed by atoms with Crippen molar-refractivity contribution in [2.75, 3.05) is 41.3 Å². The number of hydrogen-bond donors (Lipinski definition) is 1. The fourth-order valence-corrected chi connectivity index (χ4v) is 2.63. The van der Waals surface area contributed by atoms with Gasteiger partial charge < -0.3 is 15.1 Å². The van der Waals surface area contributed by atoms with Gasteiger partial charge in [0, 0.05) is 33.1 Å². The molecule has 1 fully saturated rings. The molecule has 0 spiro atoms. The van der Waals surface area contributed by atoms with Crippen LogP contribution in [0.1, 0.15) is 6.92 Å². The van der Waals surface area contributed by atoms with Crippen molar-refractivity contribution < 1.29 is 9.18 Å². The smallest absolute Gasteiger partial charge is 0.222 e. The second-order valence-electron chi connectivity index (χ2n) is 5.38. The van der Waals surface area contributed by atoms with E-state index in [2.05, 4.69) is 20.4 Å². The Labute approximate surface area is 133 Å². The predicted octanol–water partition coefficient (Wildman–Crippen LogP) is 1.90. The molecule has 1 N–H and O–H groups in total. The van der Waals surface area contributed by atoms with Crippen LogP contribution in [0.2, 0.25) is 0 Å². The second-order valence-corrected chi connectivity index (χ2v) is 5.38. The van der Waals surface area contributed by atoms with Crippen LogP contribution in [0.5, 0.6) is 0 Å². The van der Waals surface area contributed by atoms with E-state index in [0.29, 0.717) is 11.5 Å². The maximum atomic E-state index is 13.8. The number of carbonyl (C=O) groups excluding carboxylic acids is 1. The fraction of sp³-hybridized carbons (Fsp3) is 0.312. The molecular weight excluding hydrogens is 297 g/mol. The molecule has 2 aromatic rings. The molecule has 0 bridgehead atoms. The lowest BCUT2D eigenvalue weighted by atomic mass is 10.2. The zero-order valence-electron chi connectivity index (χ0n) is 12.9. The Bertz CT molecular complexity index is 683. The van der Waals surface area contributed by atoms with Crippen molar-refractivity contribution in [3.05, 3.63) is 42.2 Å². The lowest BCUT2D eigenvalue weighted by Gasteiger charge is -2.36. The Balaban J connectivity index is 1.62. The molecule has 0 radical (unpaired) electrons. The molecule has 120 valence electrons. The number of amides is 1. The lowest BCUT2D eigenvalue weighted by molar-refractivity contribution is -0.114. The van der Waals surface area contributed by atoms with Gasteiger partial charge in [-0.25, -0.2) is 4.39 Å². The minimum Gasteiger partial charge on any atom is -0.366 e. The molecule has 1 amide bonds. The Kier molecular flexibility index (Phi) is 4.36. The summed E-state index contributed by atoms with van der Waals surface area (Å²) in [6.45, 7) is 4.34. The van der Waals surface area contributed by atoms with Crippen molar-refractivity contribution in [3.63, 3.8) is 0 Å². The van der Waals surface area contributed by atoms with E-state index >= 15 is 0 Å². The maximum absolute atomic E-state index is 13.8. The zero-order chi connectivity index (χ0) is 16.2. The largest absolute Gasteiger partial charge is 0.366 e. The first-order valence-electron chi connectivity index (χ1n) is 7.49. The maximum Gasteiger partial charge on any atom is 0.222 e. The van der Waals surface area contributed by atoms with Gasteiger partial charge in [-0.3, -0.25) is 4.79 Å². The molecule has 7 heteroatoms. The van der Waals surface area contributed by atoms with Gasteiger partial charge in [-0.15, -0.1) is 10.2 Å². The molecule has 1 aromatic heterocycles. The summed E-state index contributed by atoms with van der Waals surface area (Å²) in [5.41, 5.74) is 0.638. The number of rotatable bonds is 3. The topological polar surface area (TPSA) is 61.4 Å². The minimum absolute atomic E-state index is 0.175. The normalized spacial score (nSPS) is 14.7. The van der Waals surface area contributed by atoms with Crippen LogP contribution in [0.3, 0.4) is 0 Å². The molecule has 1 aliphatic rings. The number of anilines is 3. The highest BCUT2D eigenvalue weighted by Gasteiger charge is 2.20. The van der Waals surface area contributed by atoms with E-state index in [1.54, 1.807) is 18.2 Å². The van der Waals surface area contributed by atoms with Gasteiger partial charge in [0.15, 0.2) is 11.6 Å². The van der Waals surface area contributed by atoms with Crippen LogP contribution < -0.4 is 15.1 Å². The molecule has 6 nitrogen and oxygen atoms in total. The highest BCUT2D eigenvalue weighted by molar-refractivity contribution is 5.87. The summed E-state index contributed by atoms with van der Waals surface area (Å²) in [4.78, 5) is 15.1. The van der Waals surface area contributed by atoms with Gasteiger partial charge in [-0.05, 0) is 24.3 Å². The molecule has 1 aliphatic heterocycles. The monoisotopic (exact) mass is 315 g/mol. The van der Waals surface area contributed by atoms with E-state index < -0.39 is 0 Å². The van der Waals surface area contributed by atoms with Crippen LogP contribution in [0.4, 0.5) is 21.7 Å². The average Bonchev–Trinajstić information content (AvgIpc) is 2.56. The molecule has 2 heterocycles. The van der Waals surface area contributed by atoms with E-state index in [0.717, 1.165) is 32.0 Å². The van der Waals surface area contributed by atoms with Gasteiger partial charge in [0.1, 0.15) is 5.82 Å². The van der Waals surface area contributed by atoms with E-state index in [9.17, 15) is 9.18 Å². The first-order valence-corrected chi connectivity index (χ1v) is 7.49. The Hall–Kier alpha value is -2.70. The number of para-hydroxylation sites is 1. The van der Waals surface area contributed by atoms with Crippen LogP contribution in [0, 0.1) is 5.82 Å². The van der Waals surface area contributed by atoms with Crippen molar-refractivity contribution in [3.8, 4) is 0 Å². The van der Waals surface area contributed by atoms with Gasteiger partial charge in [0.2, 0.25) is 5.91 Å². The molecule has 1 aromatic carbocycles. The molecule has 23 heavy (non-hydrogen) atoms. The van der Waals surface area contributed by atoms with Crippen molar-refractivity contribution in [2.45, 2.75) is 6.92 Å². The van der Waals surface area contributed by atoms with Crippen LogP contribution in [-0.2, 0) is 4.79 Å². The first-order chi connectivity index (χ1) is 11.1. The van der Waals surface area contributed by atoms with E-state index in [1.807, 2.05) is 17.0 Å².